The van der Waals surface area contributed by atoms with Gasteiger partial charge in [0.15, 0.2) is 0 Å². The van der Waals surface area contributed by atoms with Gasteiger partial charge in [-0.1, -0.05) is 24.6 Å². The van der Waals surface area contributed by atoms with Crippen LogP contribution in [0.25, 0.3) is 0 Å². The second kappa shape index (κ2) is 5.40. The highest BCUT2D eigenvalue weighted by Crippen LogP contribution is 2.27. The van der Waals surface area contributed by atoms with Crippen LogP contribution in [0.1, 0.15) is 19.0 Å². The zero-order valence-corrected chi connectivity index (χ0v) is 11.1. The number of imidazole rings is 1. The number of nitrogens with zero attached hydrogens (tertiary/aromatic N) is 2. The van der Waals surface area contributed by atoms with Gasteiger partial charge >= 0.3 is 0 Å². The number of hydrogen-bond acceptors (Lipinski definition) is 2. The maximum atomic E-state index is 13.7. The molecule has 0 spiro atoms. The molecule has 2 aromatic rings. The van der Waals surface area contributed by atoms with E-state index in [4.69, 9.17) is 11.6 Å². The summed E-state index contributed by atoms with van der Waals surface area (Å²) in [5.41, 5.74) is 1.15. The van der Waals surface area contributed by atoms with Gasteiger partial charge in [0.1, 0.15) is 5.82 Å². The Hall–Kier alpha value is -1.55. The highest BCUT2D eigenvalue weighted by Gasteiger charge is 2.11. The molecule has 0 aliphatic rings. The van der Waals surface area contributed by atoms with Crippen molar-refractivity contribution in [3.05, 3.63) is 40.9 Å². The number of aryl methyl sites for hydroxylation is 2. The summed E-state index contributed by atoms with van der Waals surface area (Å²) >= 11 is 5.98. The zero-order chi connectivity index (χ0) is 13.1. The van der Waals surface area contributed by atoms with E-state index in [0.717, 1.165) is 18.7 Å². The van der Waals surface area contributed by atoms with Crippen molar-refractivity contribution >= 4 is 23.2 Å². The van der Waals surface area contributed by atoms with Gasteiger partial charge in [-0.3, -0.25) is 0 Å². The Kier molecular flexibility index (Phi) is 3.87. The molecule has 0 amide bonds. The molecule has 1 heterocycles. The van der Waals surface area contributed by atoms with E-state index in [1.807, 2.05) is 17.7 Å². The number of anilines is 2. The molecule has 0 saturated carbocycles. The molecular formula is C13H15ClFN3. The predicted molar refractivity (Wildman–Crippen MR) is 71.9 cm³/mol. The summed E-state index contributed by atoms with van der Waals surface area (Å²) < 4.78 is 15.6. The summed E-state index contributed by atoms with van der Waals surface area (Å²) in [5, 5.41) is 3.31. The summed E-state index contributed by atoms with van der Waals surface area (Å²) in [7, 11) is 0. The molecule has 1 N–H and O–H groups in total. The third-order valence-corrected chi connectivity index (χ3v) is 2.88. The monoisotopic (exact) mass is 267 g/mol. The van der Waals surface area contributed by atoms with Gasteiger partial charge < -0.3 is 9.88 Å². The van der Waals surface area contributed by atoms with Crippen molar-refractivity contribution in [3.63, 3.8) is 0 Å². The van der Waals surface area contributed by atoms with E-state index < -0.39 is 0 Å². The van der Waals surface area contributed by atoms with Crippen molar-refractivity contribution in [2.75, 3.05) is 5.32 Å². The van der Waals surface area contributed by atoms with Crippen LogP contribution in [0.4, 0.5) is 16.0 Å². The van der Waals surface area contributed by atoms with Gasteiger partial charge in [0, 0.05) is 12.7 Å². The van der Waals surface area contributed by atoms with Crippen LogP contribution in [-0.4, -0.2) is 9.55 Å². The molecular weight excluding hydrogens is 253 g/mol. The maximum absolute atomic E-state index is 13.7. The summed E-state index contributed by atoms with van der Waals surface area (Å²) in [5.74, 6) is 0.229. The number of aromatic nitrogens is 2. The Bertz CT molecular complexity index is 531. The highest BCUT2D eigenvalue weighted by molar-refractivity contribution is 6.33. The molecule has 3 nitrogen and oxygen atoms in total. The number of rotatable bonds is 4. The van der Waals surface area contributed by atoms with Crippen molar-refractivity contribution in [1.82, 2.24) is 9.55 Å². The Morgan fingerprint density at radius 2 is 2.22 bits per heavy atom. The average molecular weight is 268 g/mol. The third kappa shape index (κ3) is 2.64. The van der Waals surface area contributed by atoms with Gasteiger partial charge in [0.2, 0.25) is 5.95 Å². The first-order chi connectivity index (χ1) is 8.61. The van der Waals surface area contributed by atoms with Crippen LogP contribution in [0.3, 0.4) is 0 Å². The Morgan fingerprint density at radius 1 is 1.44 bits per heavy atom. The van der Waals surface area contributed by atoms with Gasteiger partial charge in [-0.25, -0.2) is 9.37 Å². The fourth-order valence-corrected chi connectivity index (χ4v) is 2.00. The van der Waals surface area contributed by atoms with Gasteiger partial charge in [0.05, 0.1) is 16.4 Å². The molecule has 5 heteroatoms. The number of benzene rings is 1. The predicted octanol–water partition coefficient (Wildman–Crippen LogP) is 4.14. The largest absolute Gasteiger partial charge is 0.322 e. The van der Waals surface area contributed by atoms with Crippen LogP contribution in [0, 0.1) is 12.7 Å². The second-order valence-corrected chi connectivity index (χ2v) is 4.53. The van der Waals surface area contributed by atoms with Crippen LogP contribution in [-0.2, 0) is 6.54 Å². The lowest BCUT2D eigenvalue weighted by atomic mass is 10.3. The molecule has 0 bridgehead atoms. The molecule has 1 aromatic heterocycles. The SMILES string of the molecule is CCCn1cc(C)nc1Nc1c(F)cccc1Cl. The number of hydrogen-bond donors (Lipinski definition) is 1. The third-order valence-electron chi connectivity index (χ3n) is 2.56. The molecule has 96 valence electrons. The minimum atomic E-state index is -0.383. The van der Waals surface area contributed by atoms with Crippen LogP contribution < -0.4 is 5.32 Å². The zero-order valence-electron chi connectivity index (χ0n) is 10.4. The van der Waals surface area contributed by atoms with Crippen LogP contribution in [0.15, 0.2) is 24.4 Å². The highest BCUT2D eigenvalue weighted by atomic mass is 35.5. The lowest BCUT2D eigenvalue weighted by molar-refractivity contribution is 0.630. The topological polar surface area (TPSA) is 29.9 Å². The van der Waals surface area contributed by atoms with Crippen LogP contribution in [0.2, 0.25) is 5.02 Å². The number of para-hydroxylation sites is 1. The molecule has 0 radical (unpaired) electrons. The molecule has 0 atom stereocenters. The van der Waals surface area contributed by atoms with Crippen molar-refractivity contribution in [2.45, 2.75) is 26.8 Å². The lowest BCUT2D eigenvalue weighted by Gasteiger charge is -2.10. The van der Waals surface area contributed by atoms with Gasteiger partial charge in [-0.2, -0.15) is 0 Å². The normalized spacial score (nSPS) is 10.7. The number of nitrogens with one attached hydrogen (secondary N) is 1. The first-order valence-corrected chi connectivity index (χ1v) is 6.24. The van der Waals surface area contributed by atoms with Crippen molar-refractivity contribution in [1.29, 1.82) is 0 Å². The van der Waals surface area contributed by atoms with E-state index in [9.17, 15) is 4.39 Å². The molecule has 0 fully saturated rings. The summed E-state index contributed by atoms with van der Waals surface area (Å²) in [4.78, 5) is 4.33. The van der Waals surface area contributed by atoms with E-state index in [-0.39, 0.29) is 11.5 Å². The lowest BCUT2D eigenvalue weighted by Crippen LogP contribution is -2.04. The van der Waals surface area contributed by atoms with Crippen molar-refractivity contribution in [2.24, 2.45) is 0 Å². The van der Waals surface area contributed by atoms with Crippen molar-refractivity contribution in [3.8, 4) is 0 Å². The van der Waals surface area contributed by atoms with E-state index in [1.165, 1.54) is 6.07 Å². The molecule has 2 rings (SSSR count). The van der Waals surface area contributed by atoms with E-state index >= 15 is 0 Å². The molecule has 0 aliphatic heterocycles. The molecule has 18 heavy (non-hydrogen) atoms. The second-order valence-electron chi connectivity index (χ2n) is 4.12. The van der Waals surface area contributed by atoms with E-state index in [2.05, 4.69) is 17.2 Å². The average Bonchev–Trinajstić information content (AvgIpc) is 2.65. The quantitative estimate of drug-likeness (QED) is 0.902. The van der Waals surface area contributed by atoms with Gasteiger partial charge in [-0.05, 0) is 25.5 Å². The molecule has 0 aliphatic carbocycles. The van der Waals surface area contributed by atoms with Crippen LogP contribution in [0.5, 0.6) is 0 Å². The summed E-state index contributed by atoms with van der Waals surface area (Å²) in [6.07, 6.45) is 2.91. The first kappa shape index (κ1) is 12.9. The van der Waals surface area contributed by atoms with Gasteiger partial charge in [0.25, 0.3) is 0 Å². The maximum Gasteiger partial charge on any atom is 0.207 e. The molecule has 0 unspecified atom stereocenters. The van der Waals surface area contributed by atoms with Crippen molar-refractivity contribution < 1.29 is 4.39 Å². The Morgan fingerprint density at radius 3 is 2.89 bits per heavy atom. The number of halogens is 2. The first-order valence-electron chi connectivity index (χ1n) is 5.86. The smallest absolute Gasteiger partial charge is 0.207 e. The molecule has 1 aromatic carbocycles. The fourth-order valence-electron chi connectivity index (χ4n) is 1.79. The fraction of sp³-hybridized carbons (Fsp3) is 0.308. The minimum Gasteiger partial charge on any atom is -0.322 e. The summed E-state index contributed by atoms with van der Waals surface area (Å²) in [6, 6.07) is 4.59. The minimum absolute atomic E-state index is 0.266. The molecule has 0 saturated heterocycles. The Labute approximate surface area is 111 Å². The standard InChI is InChI=1S/C13H15ClFN3/c1-3-7-18-8-9(2)16-13(18)17-12-10(14)5-4-6-11(12)15/h4-6,8H,3,7H2,1-2H3,(H,16,17). The van der Waals surface area contributed by atoms with E-state index in [1.54, 1.807) is 12.1 Å². The Balaban J connectivity index is 2.33. The van der Waals surface area contributed by atoms with Crippen LogP contribution >= 0.6 is 11.6 Å². The van der Waals surface area contributed by atoms with E-state index in [0.29, 0.717) is 11.0 Å². The summed E-state index contributed by atoms with van der Waals surface area (Å²) in [6.45, 7) is 4.81. The van der Waals surface area contributed by atoms with Gasteiger partial charge in [-0.15, -0.1) is 0 Å².